The first kappa shape index (κ1) is 17.6. The molecule has 0 fully saturated rings. The second-order valence-corrected chi connectivity index (χ2v) is 7.09. The Morgan fingerprint density at radius 3 is 2.57 bits per heavy atom. The molecule has 126 valence electrons. The Morgan fingerprint density at radius 1 is 1.22 bits per heavy atom. The van der Waals surface area contributed by atoms with Gasteiger partial charge in [0.15, 0.2) is 0 Å². The molecule has 5 heteroatoms. The minimum atomic E-state index is -0.516. The number of benzene rings is 1. The number of hydrogen-bond acceptors (Lipinski definition) is 3. The number of halogens is 1. The van der Waals surface area contributed by atoms with Crippen LogP contribution in [0.4, 0.5) is 4.39 Å². The molecule has 2 atom stereocenters. The first-order valence-electron chi connectivity index (χ1n) is 8.15. The molecule has 0 radical (unpaired) electrons. The molecule has 2 aromatic rings. The predicted octanol–water partition coefficient (Wildman–Crippen LogP) is 3.78. The number of aliphatic hydroxyl groups is 1. The van der Waals surface area contributed by atoms with E-state index in [1.54, 1.807) is 17.1 Å². The largest absolute Gasteiger partial charge is 0.390 e. The van der Waals surface area contributed by atoms with Gasteiger partial charge in [0.25, 0.3) is 0 Å². The second kappa shape index (κ2) is 7.68. The van der Waals surface area contributed by atoms with E-state index in [1.165, 1.54) is 12.4 Å². The molecular weight excluding hydrogens is 293 g/mol. The molecule has 2 unspecified atom stereocenters. The lowest BCUT2D eigenvalue weighted by molar-refractivity contribution is 0.00851. The Balaban J connectivity index is 1.93. The van der Waals surface area contributed by atoms with Crippen molar-refractivity contribution in [2.75, 3.05) is 0 Å². The second-order valence-electron chi connectivity index (χ2n) is 7.09. The molecule has 1 aromatic carbocycles. The fourth-order valence-electron chi connectivity index (χ4n) is 2.77. The summed E-state index contributed by atoms with van der Waals surface area (Å²) in [5, 5.41) is 14.8. The Morgan fingerprint density at radius 2 is 1.96 bits per heavy atom. The lowest BCUT2D eigenvalue weighted by Gasteiger charge is -2.33. The van der Waals surface area contributed by atoms with Crippen molar-refractivity contribution in [2.24, 2.45) is 5.41 Å². The van der Waals surface area contributed by atoms with Crippen molar-refractivity contribution in [3.63, 3.8) is 0 Å². The van der Waals surface area contributed by atoms with E-state index in [2.05, 4.69) is 10.1 Å². The van der Waals surface area contributed by atoms with Crippen LogP contribution in [0.15, 0.2) is 36.9 Å². The van der Waals surface area contributed by atoms with E-state index >= 15 is 0 Å². The highest BCUT2D eigenvalue weighted by atomic mass is 19.1. The molecule has 0 amide bonds. The minimum absolute atomic E-state index is 0.113. The highest BCUT2D eigenvalue weighted by molar-refractivity contribution is 5.17. The topological polar surface area (TPSA) is 50.9 Å². The number of rotatable bonds is 7. The molecule has 4 nitrogen and oxygen atoms in total. The first-order valence-corrected chi connectivity index (χ1v) is 8.15. The zero-order chi connectivity index (χ0) is 16.9. The third kappa shape index (κ3) is 4.86. The van der Waals surface area contributed by atoms with Crippen LogP contribution >= 0.6 is 0 Å². The fraction of sp³-hybridized carbons (Fsp3) is 0.556. The van der Waals surface area contributed by atoms with Crippen molar-refractivity contribution in [3.8, 4) is 0 Å². The van der Waals surface area contributed by atoms with E-state index in [0.29, 0.717) is 6.42 Å². The van der Waals surface area contributed by atoms with E-state index in [4.69, 9.17) is 0 Å². The number of unbranched alkanes of at least 4 members (excludes halogenated alkanes) is 1. The number of hydrogen-bond donors (Lipinski definition) is 1. The molecule has 1 aromatic heterocycles. The van der Waals surface area contributed by atoms with Gasteiger partial charge in [-0.25, -0.2) is 14.1 Å². The van der Waals surface area contributed by atoms with Crippen LogP contribution in [0.3, 0.4) is 0 Å². The third-order valence-corrected chi connectivity index (χ3v) is 4.18. The van der Waals surface area contributed by atoms with E-state index in [-0.39, 0.29) is 17.3 Å². The summed E-state index contributed by atoms with van der Waals surface area (Å²) in [6, 6.07) is 6.78. The molecule has 2 rings (SSSR count). The molecule has 0 spiro atoms. The van der Waals surface area contributed by atoms with Crippen LogP contribution in [0.1, 0.15) is 51.6 Å². The van der Waals surface area contributed by atoms with Crippen molar-refractivity contribution in [1.82, 2.24) is 14.8 Å². The van der Waals surface area contributed by atoms with Crippen LogP contribution in [-0.4, -0.2) is 26.0 Å². The van der Waals surface area contributed by atoms with Crippen LogP contribution in [0.25, 0.3) is 0 Å². The number of nitrogens with zero attached hydrogens (tertiary/aromatic N) is 3. The van der Waals surface area contributed by atoms with Gasteiger partial charge in [0.1, 0.15) is 18.5 Å². The smallest absolute Gasteiger partial charge is 0.137 e. The molecule has 0 aliphatic rings. The van der Waals surface area contributed by atoms with Gasteiger partial charge in [-0.05, 0) is 36.3 Å². The van der Waals surface area contributed by atoms with Crippen LogP contribution in [-0.2, 0) is 6.42 Å². The highest BCUT2D eigenvalue weighted by Crippen LogP contribution is 2.31. The van der Waals surface area contributed by atoms with Gasteiger partial charge in [0.05, 0.1) is 12.1 Å². The monoisotopic (exact) mass is 319 g/mol. The summed E-state index contributed by atoms with van der Waals surface area (Å²) in [6.07, 6.45) is 5.89. The van der Waals surface area contributed by atoms with E-state index in [0.717, 1.165) is 24.8 Å². The summed E-state index contributed by atoms with van der Waals surface area (Å²) >= 11 is 0. The van der Waals surface area contributed by atoms with Crippen LogP contribution in [0.2, 0.25) is 0 Å². The van der Waals surface area contributed by atoms with Crippen molar-refractivity contribution in [2.45, 2.75) is 58.6 Å². The third-order valence-electron chi connectivity index (χ3n) is 4.18. The molecule has 0 saturated carbocycles. The minimum Gasteiger partial charge on any atom is -0.390 e. The quantitative estimate of drug-likeness (QED) is 0.790. The van der Waals surface area contributed by atoms with Gasteiger partial charge in [-0.3, -0.25) is 0 Å². The van der Waals surface area contributed by atoms with Crippen molar-refractivity contribution >= 4 is 0 Å². The molecule has 0 saturated heterocycles. The summed E-state index contributed by atoms with van der Waals surface area (Å²) in [6.45, 7) is 6.04. The standard InChI is InChI=1S/C18H26FN3O/c1-18(2,3)17(23)16(22-13-20-12-21-22)11-7-5-9-14-8-4-6-10-15(14)19/h4,6,8,10,12-13,16-17,23H,5,7,9,11H2,1-3H3. The normalized spacial score (nSPS) is 14.7. The van der Waals surface area contributed by atoms with Crippen molar-refractivity contribution < 1.29 is 9.50 Å². The van der Waals surface area contributed by atoms with Gasteiger partial charge in [0.2, 0.25) is 0 Å². The van der Waals surface area contributed by atoms with Crippen molar-refractivity contribution in [3.05, 3.63) is 48.3 Å². The first-order chi connectivity index (χ1) is 10.9. The van der Waals surface area contributed by atoms with E-state index < -0.39 is 6.10 Å². The van der Waals surface area contributed by atoms with Crippen LogP contribution < -0.4 is 0 Å². The molecule has 1 heterocycles. The Labute approximate surface area is 137 Å². The van der Waals surface area contributed by atoms with Gasteiger partial charge in [0, 0.05) is 0 Å². The summed E-state index contributed by atoms with van der Waals surface area (Å²) in [5.74, 6) is -0.143. The molecule has 0 aliphatic carbocycles. The molecular formula is C18H26FN3O. The van der Waals surface area contributed by atoms with Gasteiger partial charge >= 0.3 is 0 Å². The zero-order valence-corrected chi connectivity index (χ0v) is 14.1. The number of aromatic nitrogens is 3. The summed E-state index contributed by atoms with van der Waals surface area (Å²) in [5.41, 5.74) is 0.517. The van der Waals surface area contributed by atoms with Gasteiger partial charge in [-0.15, -0.1) is 0 Å². The maximum atomic E-state index is 13.6. The van der Waals surface area contributed by atoms with Crippen LogP contribution in [0, 0.1) is 11.2 Å². The van der Waals surface area contributed by atoms with Gasteiger partial charge in [-0.1, -0.05) is 45.4 Å². The molecule has 0 bridgehead atoms. The summed E-state index contributed by atoms with van der Waals surface area (Å²) < 4.78 is 15.4. The average molecular weight is 319 g/mol. The van der Waals surface area contributed by atoms with Crippen LogP contribution in [0.5, 0.6) is 0 Å². The van der Waals surface area contributed by atoms with E-state index in [9.17, 15) is 9.50 Å². The Hall–Kier alpha value is -1.75. The summed E-state index contributed by atoms with van der Waals surface area (Å²) in [4.78, 5) is 3.99. The number of aryl methyl sites for hydroxylation is 1. The van der Waals surface area contributed by atoms with Crippen molar-refractivity contribution in [1.29, 1.82) is 0 Å². The Bertz CT molecular complexity index is 593. The highest BCUT2D eigenvalue weighted by Gasteiger charge is 2.31. The van der Waals surface area contributed by atoms with Gasteiger partial charge in [-0.2, -0.15) is 5.10 Å². The number of aliphatic hydroxyl groups excluding tert-OH is 1. The fourth-order valence-corrected chi connectivity index (χ4v) is 2.77. The zero-order valence-electron chi connectivity index (χ0n) is 14.1. The molecule has 23 heavy (non-hydrogen) atoms. The summed E-state index contributed by atoms with van der Waals surface area (Å²) in [7, 11) is 0. The van der Waals surface area contributed by atoms with Gasteiger partial charge < -0.3 is 5.11 Å². The Kier molecular flexibility index (Phi) is 5.88. The van der Waals surface area contributed by atoms with E-state index in [1.807, 2.05) is 32.9 Å². The predicted molar refractivity (Wildman–Crippen MR) is 88.5 cm³/mol. The molecule has 1 N–H and O–H groups in total. The average Bonchev–Trinajstić information content (AvgIpc) is 3.01. The SMILES string of the molecule is CC(C)(C)C(O)C(CCCCc1ccccc1F)n1cncn1. The lowest BCUT2D eigenvalue weighted by Crippen LogP contribution is -2.35. The maximum absolute atomic E-state index is 13.6. The maximum Gasteiger partial charge on any atom is 0.137 e. The molecule has 0 aliphatic heterocycles. The lowest BCUT2D eigenvalue weighted by atomic mass is 9.83.